The molecule has 2 heterocycles. The number of amidine groups is 2. The molecule has 5 nitrogen and oxygen atoms in total. The van der Waals surface area contributed by atoms with Gasteiger partial charge in [0, 0.05) is 33.5 Å². The Labute approximate surface area is 320 Å². The standard InChI is InChI=1S/C43H32N4O.C7H8/c1-4-27-24-37(34-10-7-6-9-33(34)32(27)5-2)43(45)46-42(44)29-16-14-28(15-17-29)30-18-20-40-36(25-30)35-11-8-12-39(41(35)48-40)47-22-21-31-23-26(3)13-19-38(31)47;1-7-5-3-2-4-6-7/h4-25H,1-2H2,3H3,(H3,44,45,46);2-6H,1H3. The monoisotopic (exact) mass is 712 g/mol. The number of nitrogens with two attached hydrogens (primary N) is 1. The quantitative estimate of drug-likeness (QED) is 0.133. The van der Waals surface area contributed by atoms with Gasteiger partial charge in [-0.05, 0) is 89.3 Å². The number of benzene rings is 7. The van der Waals surface area contributed by atoms with Crippen molar-refractivity contribution < 1.29 is 4.42 Å². The highest BCUT2D eigenvalue weighted by molar-refractivity contribution is 6.16. The summed E-state index contributed by atoms with van der Waals surface area (Å²) in [4.78, 5) is 4.52. The van der Waals surface area contributed by atoms with Gasteiger partial charge in [0.2, 0.25) is 0 Å². The zero-order valence-corrected chi connectivity index (χ0v) is 30.9. The first-order chi connectivity index (χ1) is 26.8. The van der Waals surface area contributed by atoms with Crippen LogP contribution in [0.5, 0.6) is 0 Å². The first kappa shape index (κ1) is 34.8. The van der Waals surface area contributed by atoms with Gasteiger partial charge in [0.05, 0.1) is 11.2 Å². The van der Waals surface area contributed by atoms with Crippen molar-refractivity contribution in [2.75, 3.05) is 0 Å². The highest BCUT2D eigenvalue weighted by Crippen LogP contribution is 2.36. The number of rotatable bonds is 6. The molecule has 0 saturated heterocycles. The molecule has 266 valence electrons. The van der Waals surface area contributed by atoms with Crippen LogP contribution in [0.1, 0.15) is 33.4 Å². The van der Waals surface area contributed by atoms with Crippen molar-refractivity contribution in [2.45, 2.75) is 13.8 Å². The lowest BCUT2D eigenvalue weighted by molar-refractivity contribution is 0.666. The molecule has 0 spiro atoms. The van der Waals surface area contributed by atoms with E-state index in [2.05, 4.69) is 109 Å². The Balaban J connectivity index is 0.000000551. The minimum Gasteiger partial charge on any atom is -0.454 e. The number of nitrogens with zero attached hydrogens (tertiary/aromatic N) is 2. The molecule has 7 aromatic carbocycles. The molecule has 0 fully saturated rings. The average Bonchev–Trinajstić information content (AvgIpc) is 3.81. The Morgan fingerprint density at radius 2 is 1.40 bits per heavy atom. The number of nitrogens with one attached hydrogen (secondary N) is 1. The van der Waals surface area contributed by atoms with Crippen LogP contribution in [0.25, 0.3) is 72.6 Å². The van der Waals surface area contributed by atoms with Crippen molar-refractivity contribution in [3.8, 4) is 16.8 Å². The fraction of sp³-hybridized carbons (Fsp3) is 0.0400. The van der Waals surface area contributed by atoms with Gasteiger partial charge in [0.1, 0.15) is 11.4 Å². The largest absolute Gasteiger partial charge is 0.454 e. The van der Waals surface area contributed by atoms with E-state index in [0.29, 0.717) is 5.56 Å². The van der Waals surface area contributed by atoms with E-state index in [1.165, 1.54) is 16.5 Å². The highest BCUT2D eigenvalue weighted by Gasteiger charge is 2.16. The first-order valence-electron chi connectivity index (χ1n) is 18.2. The fourth-order valence-corrected chi connectivity index (χ4v) is 7.25. The van der Waals surface area contributed by atoms with Gasteiger partial charge in [-0.3, -0.25) is 5.41 Å². The van der Waals surface area contributed by atoms with Crippen LogP contribution in [-0.4, -0.2) is 16.2 Å². The maximum absolute atomic E-state index is 8.77. The molecule has 0 aliphatic heterocycles. The summed E-state index contributed by atoms with van der Waals surface area (Å²) in [6, 6.07) is 49.3. The van der Waals surface area contributed by atoms with Crippen LogP contribution >= 0.6 is 0 Å². The molecule has 9 aromatic rings. The highest BCUT2D eigenvalue weighted by atomic mass is 16.3. The number of para-hydroxylation sites is 1. The Hall–Kier alpha value is -7.24. The summed E-state index contributed by atoms with van der Waals surface area (Å²) in [5.74, 6) is 0.367. The number of hydrogen-bond donors (Lipinski definition) is 2. The molecule has 55 heavy (non-hydrogen) atoms. The number of hydrogen-bond acceptors (Lipinski definition) is 2. The van der Waals surface area contributed by atoms with E-state index >= 15 is 0 Å². The average molecular weight is 713 g/mol. The van der Waals surface area contributed by atoms with E-state index in [4.69, 9.17) is 15.6 Å². The van der Waals surface area contributed by atoms with Crippen molar-refractivity contribution in [3.63, 3.8) is 0 Å². The first-order valence-corrected chi connectivity index (χ1v) is 18.2. The van der Waals surface area contributed by atoms with Gasteiger partial charge in [-0.15, -0.1) is 0 Å². The van der Waals surface area contributed by atoms with Gasteiger partial charge in [-0.1, -0.05) is 140 Å². The van der Waals surface area contributed by atoms with E-state index in [0.717, 1.165) is 71.7 Å². The van der Waals surface area contributed by atoms with E-state index < -0.39 is 0 Å². The van der Waals surface area contributed by atoms with Gasteiger partial charge in [0.25, 0.3) is 0 Å². The Morgan fingerprint density at radius 3 is 2.13 bits per heavy atom. The van der Waals surface area contributed by atoms with Crippen LogP contribution in [0.2, 0.25) is 0 Å². The molecule has 0 amide bonds. The predicted molar refractivity (Wildman–Crippen MR) is 234 cm³/mol. The van der Waals surface area contributed by atoms with Crippen LogP contribution in [0.3, 0.4) is 0 Å². The lowest BCUT2D eigenvalue weighted by Gasteiger charge is -2.13. The van der Waals surface area contributed by atoms with Crippen molar-refractivity contribution in [1.82, 2.24) is 4.57 Å². The second-order valence-electron chi connectivity index (χ2n) is 13.7. The van der Waals surface area contributed by atoms with Crippen LogP contribution in [0, 0.1) is 19.3 Å². The van der Waals surface area contributed by atoms with Crippen molar-refractivity contribution in [2.24, 2.45) is 10.7 Å². The summed E-state index contributed by atoms with van der Waals surface area (Å²) < 4.78 is 8.66. The molecule has 9 rings (SSSR count). The Kier molecular flexibility index (Phi) is 9.27. The second kappa shape index (κ2) is 14.6. The molecule has 0 radical (unpaired) electrons. The molecular formula is C50H40N4O. The zero-order chi connectivity index (χ0) is 38.1. The molecule has 0 bridgehead atoms. The summed E-state index contributed by atoms with van der Waals surface area (Å²) in [5, 5.41) is 14.1. The smallest absolute Gasteiger partial charge is 0.159 e. The van der Waals surface area contributed by atoms with Gasteiger partial charge in [0.15, 0.2) is 11.4 Å². The van der Waals surface area contributed by atoms with Crippen LogP contribution in [0.4, 0.5) is 0 Å². The molecule has 0 saturated carbocycles. The molecule has 0 aliphatic carbocycles. The summed E-state index contributed by atoms with van der Waals surface area (Å²) in [6.07, 6.45) is 5.72. The molecular weight excluding hydrogens is 673 g/mol. The molecule has 0 unspecified atom stereocenters. The van der Waals surface area contributed by atoms with E-state index in [1.807, 2.05) is 84.9 Å². The molecule has 5 heteroatoms. The third-order valence-electron chi connectivity index (χ3n) is 10.1. The second-order valence-corrected chi connectivity index (χ2v) is 13.7. The van der Waals surface area contributed by atoms with Gasteiger partial charge in [-0.2, -0.15) is 0 Å². The predicted octanol–water partition coefficient (Wildman–Crippen LogP) is 12.7. The molecule has 0 aliphatic rings. The van der Waals surface area contributed by atoms with E-state index in [-0.39, 0.29) is 11.7 Å². The summed E-state index contributed by atoms with van der Waals surface area (Å²) in [7, 11) is 0. The third-order valence-corrected chi connectivity index (χ3v) is 10.1. The zero-order valence-electron chi connectivity index (χ0n) is 30.9. The molecule has 0 atom stereocenters. The maximum atomic E-state index is 8.77. The van der Waals surface area contributed by atoms with Crippen LogP contribution < -0.4 is 5.73 Å². The van der Waals surface area contributed by atoms with Crippen molar-refractivity contribution in [1.29, 1.82) is 5.41 Å². The SMILES string of the molecule is C=Cc1cc(C(N)=NC(=N)c2ccc(-c3ccc4oc5c(-n6ccc7cc(C)ccc76)cccc5c4c3)cc2)c2ccccc2c1C=C.Cc1ccccc1. The third kappa shape index (κ3) is 6.64. The van der Waals surface area contributed by atoms with Gasteiger partial charge >= 0.3 is 0 Å². The van der Waals surface area contributed by atoms with Crippen molar-refractivity contribution in [3.05, 3.63) is 198 Å². The lowest BCUT2D eigenvalue weighted by Crippen LogP contribution is -2.17. The topological polar surface area (TPSA) is 80.3 Å². The number of fused-ring (bicyclic) bond motifs is 5. The number of aromatic nitrogens is 1. The van der Waals surface area contributed by atoms with Crippen LogP contribution in [-0.2, 0) is 0 Å². The van der Waals surface area contributed by atoms with Gasteiger partial charge < -0.3 is 14.7 Å². The van der Waals surface area contributed by atoms with Crippen molar-refractivity contribution >= 4 is 67.4 Å². The van der Waals surface area contributed by atoms with E-state index in [9.17, 15) is 0 Å². The normalized spacial score (nSPS) is 11.5. The van der Waals surface area contributed by atoms with Crippen LogP contribution in [0.15, 0.2) is 174 Å². The minimum atomic E-state index is 0.0904. The summed E-state index contributed by atoms with van der Waals surface area (Å²) in [6.45, 7) is 12.1. The number of aryl methyl sites for hydroxylation is 2. The van der Waals surface area contributed by atoms with E-state index in [1.54, 1.807) is 6.08 Å². The summed E-state index contributed by atoms with van der Waals surface area (Å²) in [5.41, 5.74) is 18.4. The van der Waals surface area contributed by atoms with Gasteiger partial charge in [-0.25, -0.2) is 4.99 Å². The Morgan fingerprint density at radius 1 is 0.673 bits per heavy atom. The molecule has 2 aromatic heterocycles. The fourth-order valence-electron chi connectivity index (χ4n) is 7.25. The summed E-state index contributed by atoms with van der Waals surface area (Å²) >= 11 is 0. The Bertz CT molecular complexity index is 2940. The number of aliphatic imine (C=N–C) groups is 1. The maximum Gasteiger partial charge on any atom is 0.159 e. The minimum absolute atomic E-state index is 0.0904. The molecule has 3 N–H and O–H groups in total. The lowest BCUT2D eigenvalue weighted by atomic mass is 9.94. The number of furan rings is 1.